The molecule has 0 bridgehead atoms. The number of hydrogen-bond donors (Lipinski definition) is 1. The Morgan fingerprint density at radius 3 is 2.67 bits per heavy atom. The molecule has 3 nitrogen and oxygen atoms in total. The first-order valence-electron chi connectivity index (χ1n) is 7.92. The van der Waals surface area contributed by atoms with E-state index in [0.29, 0.717) is 0 Å². The highest BCUT2D eigenvalue weighted by molar-refractivity contribution is 4.79. The summed E-state index contributed by atoms with van der Waals surface area (Å²) in [6.07, 6.45) is 6.77. The maximum absolute atomic E-state index is 3.71. The van der Waals surface area contributed by atoms with Crippen LogP contribution in [0.1, 0.15) is 39.0 Å². The van der Waals surface area contributed by atoms with Crippen molar-refractivity contribution < 1.29 is 0 Å². The third kappa shape index (κ3) is 4.52. The van der Waals surface area contributed by atoms with E-state index in [-0.39, 0.29) is 0 Å². The predicted octanol–water partition coefficient (Wildman–Crippen LogP) is 1.79. The molecule has 3 heteroatoms. The number of rotatable bonds is 4. The maximum Gasteiger partial charge on any atom is 0.0194 e. The second-order valence-electron chi connectivity index (χ2n) is 6.30. The van der Waals surface area contributed by atoms with Crippen LogP contribution in [0.15, 0.2) is 0 Å². The smallest absolute Gasteiger partial charge is 0.0194 e. The largest absolute Gasteiger partial charge is 0.313 e. The summed E-state index contributed by atoms with van der Waals surface area (Å²) in [4.78, 5) is 5.21. The molecule has 0 aromatic heterocycles. The summed E-state index contributed by atoms with van der Waals surface area (Å²) in [6, 6.07) is 0.740. The Morgan fingerprint density at radius 2 is 1.94 bits per heavy atom. The zero-order valence-electron chi connectivity index (χ0n) is 12.3. The third-order valence-corrected chi connectivity index (χ3v) is 4.55. The number of piperidine rings is 1. The number of nitrogens with zero attached hydrogens (tertiary/aromatic N) is 2. The van der Waals surface area contributed by atoms with Gasteiger partial charge in [-0.05, 0) is 64.8 Å². The lowest BCUT2D eigenvalue weighted by Gasteiger charge is -2.33. The molecule has 0 spiro atoms. The van der Waals surface area contributed by atoms with Crippen molar-refractivity contribution in [3.8, 4) is 0 Å². The molecule has 0 aliphatic carbocycles. The van der Waals surface area contributed by atoms with Crippen LogP contribution in [-0.2, 0) is 0 Å². The van der Waals surface area contributed by atoms with Gasteiger partial charge in [0.2, 0.25) is 0 Å². The second kappa shape index (κ2) is 7.46. The molecular weight excluding hydrogens is 222 g/mol. The van der Waals surface area contributed by atoms with Gasteiger partial charge in [0.05, 0.1) is 0 Å². The van der Waals surface area contributed by atoms with Crippen LogP contribution in [0.25, 0.3) is 0 Å². The topological polar surface area (TPSA) is 18.5 Å². The first-order chi connectivity index (χ1) is 8.78. The molecule has 1 atom stereocenters. The van der Waals surface area contributed by atoms with Crippen molar-refractivity contribution in [3.05, 3.63) is 0 Å². The highest BCUT2D eigenvalue weighted by Crippen LogP contribution is 2.18. The Labute approximate surface area is 113 Å². The van der Waals surface area contributed by atoms with Gasteiger partial charge in [0, 0.05) is 19.1 Å². The third-order valence-electron chi connectivity index (χ3n) is 4.55. The molecule has 2 rings (SSSR count). The summed E-state index contributed by atoms with van der Waals surface area (Å²) in [5.41, 5.74) is 0. The highest BCUT2D eigenvalue weighted by atomic mass is 15.2. The number of likely N-dealkylation sites (tertiary alicyclic amines) is 1. The van der Waals surface area contributed by atoms with E-state index in [9.17, 15) is 0 Å². The lowest BCUT2D eigenvalue weighted by Crippen LogP contribution is -2.41. The monoisotopic (exact) mass is 253 g/mol. The van der Waals surface area contributed by atoms with Gasteiger partial charge in [-0.3, -0.25) is 0 Å². The van der Waals surface area contributed by atoms with Crippen LogP contribution in [0.3, 0.4) is 0 Å². The van der Waals surface area contributed by atoms with Crippen molar-refractivity contribution in [2.75, 3.05) is 46.3 Å². The van der Waals surface area contributed by atoms with Crippen molar-refractivity contribution in [1.82, 2.24) is 15.1 Å². The molecule has 2 aliphatic heterocycles. The van der Waals surface area contributed by atoms with Crippen molar-refractivity contribution in [2.45, 2.75) is 45.1 Å². The van der Waals surface area contributed by atoms with E-state index in [2.05, 4.69) is 29.1 Å². The summed E-state index contributed by atoms with van der Waals surface area (Å²) < 4.78 is 0. The van der Waals surface area contributed by atoms with Crippen molar-refractivity contribution >= 4 is 0 Å². The normalized spacial score (nSPS) is 29.3. The maximum atomic E-state index is 3.71. The quantitative estimate of drug-likeness (QED) is 0.824. The Bertz CT molecular complexity index is 224. The van der Waals surface area contributed by atoms with Crippen LogP contribution in [0.5, 0.6) is 0 Å². The number of hydrogen-bond acceptors (Lipinski definition) is 3. The van der Waals surface area contributed by atoms with Gasteiger partial charge in [0.1, 0.15) is 0 Å². The zero-order valence-corrected chi connectivity index (χ0v) is 12.3. The van der Waals surface area contributed by atoms with E-state index in [1.807, 2.05) is 0 Å². The minimum absolute atomic E-state index is 0.740. The summed E-state index contributed by atoms with van der Waals surface area (Å²) in [7, 11) is 2.25. The molecule has 0 aromatic rings. The SMILES string of the molecule is CCCC1CN(CC2CCN(C)CC2)CCCN1. The van der Waals surface area contributed by atoms with Gasteiger partial charge in [-0.15, -0.1) is 0 Å². The molecule has 1 unspecified atom stereocenters. The second-order valence-corrected chi connectivity index (χ2v) is 6.30. The van der Waals surface area contributed by atoms with Crippen LogP contribution in [0, 0.1) is 5.92 Å². The molecule has 2 aliphatic rings. The average Bonchev–Trinajstić information content (AvgIpc) is 2.58. The molecule has 106 valence electrons. The van der Waals surface area contributed by atoms with Gasteiger partial charge in [0.15, 0.2) is 0 Å². The molecular formula is C15H31N3. The van der Waals surface area contributed by atoms with Gasteiger partial charge < -0.3 is 15.1 Å². The molecule has 1 N–H and O–H groups in total. The molecule has 0 radical (unpaired) electrons. The van der Waals surface area contributed by atoms with Crippen LogP contribution in [-0.4, -0.2) is 62.2 Å². The van der Waals surface area contributed by atoms with E-state index >= 15 is 0 Å². The highest BCUT2D eigenvalue weighted by Gasteiger charge is 2.22. The van der Waals surface area contributed by atoms with Gasteiger partial charge in [0.25, 0.3) is 0 Å². The van der Waals surface area contributed by atoms with Crippen molar-refractivity contribution in [2.24, 2.45) is 5.92 Å². The van der Waals surface area contributed by atoms with E-state index in [4.69, 9.17) is 0 Å². The fourth-order valence-electron chi connectivity index (χ4n) is 3.39. The first-order valence-corrected chi connectivity index (χ1v) is 7.92. The molecule has 2 fully saturated rings. The molecule has 18 heavy (non-hydrogen) atoms. The van der Waals surface area contributed by atoms with Crippen LogP contribution >= 0.6 is 0 Å². The molecule has 0 saturated carbocycles. The van der Waals surface area contributed by atoms with Crippen LogP contribution in [0.2, 0.25) is 0 Å². The lowest BCUT2D eigenvalue weighted by atomic mass is 9.96. The minimum atomic E-state index is 0.740. The minimum Gasteiger partial charge on any atom is -0.313 e. The number of nitrogens with one attached hydrogen (secondary N) is 1. The molecule has 0 amide bonds. The van der Waals surface area contributed by atoms with Crippen molar-refractivity contribution in [1.29, 1.82) is 0 Å². The average molecular weight is 253 g/mol. The first kappa shape index (κ1) is 14.3. The van der Waals surface area contributed by atoms with E-state index in [1.165, 1.54) is 71.4 Å². The fraction of sp³-hybridized carbons (Fsp3) is 1.00. The molecule has 2 saturated heterocycles. The summed E-state index contributed by atoms with van der Waals surface area (Å²) >= 11 is 0. The van der Waals surface area contributed by atoms with Crippen LogP contribution in [0.4, 0.5) is 0 Å². The summed E-state index contributed by atoms with van der Waals surface area (Å²) in [5.74, 6) is 0.946. The van der Waals surface area contributed by atoms with Gasteiger partial charge in [-0.25, -0.2) is 0 Å². The lowest BCUT2D eigenvalue weighted by molar-refractivity contribution is 0.158. The predicted molar refractivity (Wildman–Crippen MR) is 78.0 cm³/mol. The standard InChI is InChI=1S/C15H31N3/c1-3-5-15-13-18(9-4-8-16-15)12-14-6-10-17(2)11-7-14/h14-16H,3-13H2,1-2H3. The van der Waals surface area contributed by atoms with E-state index in [0.717, 1.165) is 12.0 Å². The Morgan fingerprint density at radius 1 is 1.17 bits per heavy atom. The Hall–Kier alpha value is -0.120. The van der Waals surface area contributed by atoms with E-state index < -0.39 is 0 Å². The Kier molecular flexibility index (Phi) is 5.93. The summed E-state index contributed by atoms with van der Waals surface area (Å²) in [5, 5.41) is 3.71. The summed E-state index contributed by atoms with van der Waals surface area (Å²) in [6.45, 7) is 10.0. The van der Waals surface area contributed by atoms with Crippen molar-refractivity contribution in [3.63, 3.8) is 0 Å². The Balaban J connectivity index is 1.76. The van der Waals surface area contributed by atoms with Crippen LogP contribution < -0.4 is 5.32 Å². The van der Waals surface area contributed by atoms with E-state index in [1.54, 1.807) is 0 Å². The van der Waals surface area contributed by atoms with Gasteiger partial charge >= 0.3 is 0 Å². The fourth-order valence-corrected chi connectivity index (χ4v) is 3.39. The molecule has 0 aromatic carbocycles. The molecule has 2 heterocycles. The van der Waals surface area contributed by atoms with Gasteiger partial charge in [-0.1, -0.05) is 13.3 Å². The van der Waals surface area contributed by atoms with Gasteiger partial charge in [-0.2, -0.15) is 0 Å². The zero-order chi connectivity index (χ0) is 12.8.